The fourth-order valence-electron chi connectivity index (χ4n) is 3.30. The van der Waals surface area contributed by atoms with Gasteiger partial charge in [-0.25, -0.2) is 9.37 Å². The van der Waals surface area contributed by atoms with Gasteiger partial charge >= 0.3 is 0 Å². The van der Waals surface area contributed by atoms with Crippen LogP contribution in [0.5, 0.6) is 5.75 Å². The van der Waals surface area contributed by atoms with E-state index < -0.39 is 0 Å². The molecule has 0 radical (unpaired) electrons. The molecule has 1 aromatic carbocycles. The summed E-state index contributed by atoms with van der Waals surface area (Å²) >= 11 is 0. The number of halogens is 2. The number of nitrogens with zero attached hydrogens (tertiary/aromatic N) is 3. The van der Waals surface area contributed by atoms with Crippen molar-refractivity contribution in [2.24, 2.45) is 10.9 Å². The first kappa shape index (κ1) is 23.3. The summed E-state index contributed by atoms with van der Waals surface area (Å²) in [5.74, 6) is 1.27. The summed E-state index contributed by atoms with van der Waals surface area (Å²) in [6.45, 7) is 3.28. The molecule has 1 unspecified atom stereocenters. The Bertz CT molecular complexity index is 1000. The number of ether oxygens (including phenoxy) is 1. The van der Waals surface area contributed by atoms with E-state index in [1.165, 1.54) is 18.9 Å². The van der Waals surface area contributed by atoms with Crippen molar-refractivity contribution in [2.45, 2.75) is 32.2 Å². The number of aromatic nitrogens is 2. The standard InChI is InChI=1S/C23H28FN5O.HI/c1-16(18-8-9-21(20(24)13-18)30-15-17-6-7-17)27-23(25-2)26-11-10-19-14-29-12-4-3-5-22(29)28-19;/h3-5,8-9,12-14,16-17H,6-7,10-11,15H2,1-2H3,(H2,25,26,27);1H. The van der Waals surface area contributed by atoms with Crippen molar-refractivity contribution < 1.29 is 9.13 Å². The van der Waals surface area contributed by atoms with Gasteiger partial charge in [-0.3, -0.25) is 4.99 Å². The highest BCUT2D eigenvalue weighted by molar-refractivity contribution is 14.0. The summed E-state index contributed by atoms with van der Waals surface area (Å²) in [5, 5.41) is 6.61. The number of pyridine rings is 1. The minimum Gasteiger partial charge on any atom is -0.490 e. The maximum absolute atomic E-state index is 14.4. The lowest BCUT2D eigenvalue weighted by molar-refractivity contribution is 0.285. The number of nitrogens with one attached hydrogen (secondary N) is 2. The van der Waals surface area contributed by atoms with Crippen LogP contribution in [0, 0.1) is 11.7 Å². The zero-order chi connectivity index (χ0) is 20.9. The average Bonchev–Trinajstić information content (AvgIpc) is 3.49. The van der Waals surface area contributed by atoms with E-state index in [-0.39, 0.29) is 35.8 Å². The Kier molecular flexibility index (Phi) is 8.11. The van der Waals surface area contributed by atoms with Gasteiger partial charge in [-0.05, 0) is 55.5 Å². The lowest BCUT2D eigenvalue weighted by Gasteiger charge is -2.19. The molecule has 1 saturated carbocycles. The maximum atomic E-state index is 14.4. The van der Waals surface area contributed by atoms with Gasteiger partial charge in [0, 0.05) is 32.4 Å². The van der Waals surface area contributed by atoms with E-state index >= 15 is 0 Å². The smallest absolute Gasteiger partial charge is 0.191 e. The Balaban J connectivity index is 0.00000272. The van der Waals surface area contributed by atoms with E-state index in [1.807, 2.05) is 48.0 Å². The number of hydrogen-bond acceptors (Lipinski definition) is 3. The molecule has 6 nitrogen and oxygen atoms in total. The molecule has 0 saturated heterocycles. The van der Waals surface area contributed by atoms with E-state index in [2.05, 4.69) is 20.6 Å². The maximum Gasteiger partial charge on any atom is 0.191 e. The van der Waals surface area contributed by atoms with Gasteiger partial charge in [0.05, 0.1) is 18.3 Å². The molecular weight excluding hydrogens is 508 g/mol. The Morgan fingerprint density at radius 1 is 1.32 bits per heavy atom. The number of rotatable bonds is 8. The number of hydrogen-bond donors (Lipinski definition) is 2. The third-order valence-corrected chi connectivity index (χ3v) is 5.29. The average molecular weight is 537 g/mol. The monoisotopic (exact) mass is 537 g/mol. The topological polar surface area (TPSA) is 63.0 Å². The van der Waals surface area contributed by atoms with Crippen LogP contribution in [0.3, 0.4) is 0 Å². The van der Waals surface area contributed by atoms with E-state index in [9.17, 15) is 4.39 Å². The van der Waals surface area contributed by atoms with E-state index in [0.29, 0.717) is 30.8 Å². The second kappa shape index (κ2) is 10.8. The van der Waals surface area contributed by atoms with Crippen LogP contribution in [-0.4, -0.2) is 35.5 Å². The summed E-state index contributed by atoms with van der Waals surface area (Å²) in [7, 11) is 1.72. The highest BCUT2D eigenvalue weighted by atomic mass is 127. The molecule has 31 heavy (non-hydrogen) atoms. The van der Waals surface area contributed by atoms with Crippen molar-refractivity contribution in [3.8, 4) is 5.75 Å². The highest BCUT2D eigenvalue weighted by Crippen LogP contribution is 2.30. The van der Waals surface area contributed by atoms with Crippen LogP contribution in [0.1, 0.15) is 37.1 Å². The number of benzene rings is 1. The zero-order valence-electron chi connectivity index (χ0n) is 17.8. The minimum atomic E-state index is -0.323. The number of guanidine groups is 1. The molecule has 166 valence electrons. The first-order chi connectivity index (χ1) is 14.6. The molecule has 0 amide bonds. The lowest BCUT2D eigenvalue weighted by atomic mass is 10.1. The van der Waals surface area contributed by atoms with Crippen LogP contribution < -0.4 is 15.4 Å². The van der Waals surface area contributed by atoms with Crippen molar-refractivity contribution in [1.82, 2.24) is 20.0 Å². The Hall–Kier alpha value is -2.36. The minimum absolute atomic E-state index is 0. The summed E-state index contributed by atoms with van der Waals surface area (Å²) in [4.78, 5) is 8.87. The summed E-state index contributed by atoms with van der Waals surface area (Å²) in [6.07, 6.45) is 7.17. The molecule has 1 fully saturated rings. The number of imidazole rings is 1. The molecular formula is C23H29FIN5O. The number of fused-ring (bicyclic) bond motifs is 1. The van der Waals surface area contributed by atoms with Crippen LogP contribution in [-0.2, 0) is 6.42 Å². The molecule has 0 bridgehead atoms. The van der Waals surface area contributed by atoms with Crippen molar-refractivity contribution >= 4 is 35.6 Å². The Morgan fingerprint density at radius 3 is 2.87 bits per heavy atom. The van der Waals surface area contributed by atoms with Crippen molar-refractivity contribution in [3.63, 3.8) is 0 Å². The molecule has 1 atom stereocenters. The highest BCUT2D eigenvalue weighted by Gasteiger charge is 2.22. The van der Waals surface area contributed by atoms with Gasteiger partial charge in [-0.15, -0.1) is 24.0 Å². The Labute approximate surface area is 199 Å². The fourth-order valence-corrected chi connectivity index (χ4v) is 3.30. The summed E-state index contributed by atoms with van der Waals surface area (Å²) < 4.78 is 22.0. The molecule has 2 N–H and O–H groups in total. The fraction of sp³-hybridized carbons (Fsp3) is 0.391. The largest absolute Gasteiger partial charge is 0.490 e. The molecule has 2 heterocycles. The second-order valence-corrected chi connectivity index (χ2v) is 7.76. The number of aliphatic imine (C=N–C) groups is 1. The normalized spacial score (nSPS) is 14.7. The SMILES string of the molecule is CN=C(NCCc1cn2ccccc2n1)NC(C)c1ccc(OCC2CC2)c(F)c1.I. The molecule has 0 spiro atoms. The zero-order valence-corrected chi connectivity index (χ0v) is 20.2. The molecule has 1 aliphatic rings. The van der Waals surface area contributed by atoms with Crippen LogP contribution in [0.4, 0.5) is 4.39 Å². The van der Waals surface area contributed by atoms with E-state index in [0.717, 1.165) is 23.3 Å². The van der Waals surface area contributed by atoms with E-state index in [4.69, 9.17) is 4.74 Å². The molecule has 3 aromatic rings. The third kappa shape index (κ3) is 6.32. The van der Waals surface area contributed by atoms with Crippen LogP contribution in [0.2, 0.25) is 0 Å². The summed E-state index contributed by atoms with van der Waals surface area (Å²) in [5.41, 5.74) is 2.80. The Morgan fingerprint density at radius 2 is 2.16 bits per heavy atom. The summed E-state index contributed by atoms with van der Waals surface area (Å²) in [6, 6.07) is 11.0. The van der Waals surface area contributed by atoms with Crippen molar-refractivity contribution in [2.75, 3.05) is 20.2 Å². The third-order valence-electron chi connectivity index (χ3n) is 5.29. The van der Waals surface area contributed by atoms with Gasteiger partial charge in [0.25, 0.3) is 0 Å². The van der Waals surface area contributed by atoms with Crippen LogP contribution in [0.25, 0.3) is 5.65 Å². The van der Waals surface area contributed by atoms with Crippen molar-refractivity contribution in [3.05, 3.63) is 65.9 Å². The molecule has 8 heteroatoms. The quantitative estimate of drug-likeness (QED) is 0.255. The predicted octanol–water partition coefficient (Wildman–Crippen LogP) is 4.35. The molecule has 4 rings (SSSR count). The van der Waals surface area contributed by atoms with Gasteiger partial charge in [0.1, 0.15) is 5.65 Å². The van der Waals surface area contributed by atoms with E-state index in [1.54, 1.807) is 13.1 Å². The lowest BCUT2D eigenvalue weighted by Crippen LogP contribution is -2.39. The molecule has 2 aromatic heterocycles. The molecule has 0 aliphatic heterocycles. The van der Waals surface area contributed by atoms with Gasteiger partial charge in [-0.2, -0.15) is 0 Å². The first-order valence-electron chi connectivity index (χ1n) is 10.4. The molecule has 1 aliphatic carbocycles. The second-order valence-electron chi connectivity index (χ2n) is 7.76. The van der Waals surface area contributed by atoms with Crippen LogP contribution >= 0.6 is 24.0 Å². The van der Waals surface area contributed by atoms with Crippen LogP contribution in [0.15, 0.2) is 53.8 Å². The van der Waals surface area contributed by atoms with Gasteiger partial charge in [0.15, 0.2) is 17.5 Å². The van der Waals surface area contributed by atoms with Gasteiger partial charge in [-0.1, -0.05) is 12.1 Å². The van der Waals surface area contributed by atoms with Crippen molar-refractivity contribution in [1.29, 1.82) is 0 Å². The van der Waals surface area contributed by atoms with Gasteiger partial charge in [0.2, 0.25) is 0 Å². The first-order valence-corrected chi connectivity index (χ1v) is 10.4. The van der Waals surface area contributed by atoms with Gasteiger partial charge < -0.3 is 19.8 Å². The predicted molar refractivity (Wildman–Crippen MR) is 132 cm³/mol.